The molecule has 0 saturated heterocycles. The molecule has 0 heterocycles. The molecule has 0 rings (SSSR count). The van der Waals surface area contributed by atoms with E-state index in [0.717, 1.165) is 57.8 Å². The number of hydrogen-bond acceptors (Lipinski definition) is 5. The van der Waals surface area contributed by atoms with E-state index in [1.54, 1.807) is 0 Å². The van der Waals surface area contributed by atoms with Crippen LogP contribution in [0.3, 0.4) is 0 Å². The van der Waals surface area contributed by atoms with Crippen molar-refractivity contribution in [1.29, 1.82) is 0 Å². The molecule has 2 atom stereocenters. The topological polar surface area (TPSA) is 119 Å². The molecule has 0 radical (unpaired) electrons. The Morgan fingerprint density at radius 2 is 0.935 bits per heavy atom. The predicted octanol–water partition coefficient (Wildman–Crippen LogP) is 10.6. The minimum absolute atomic E-state index is 0.00248. The van der Waals surface area contributed by atoms with Gasteiger partial charge in [0.1, 0.15) is 12.1 Å². The van der Waals surface area contributed by atoms with Crippen molar-refractivity contribution in [3.63, 3.8) is 0 Å². The monoisotopic (exact) mass is 653 g/mol. The first-order valence-electron chi connectivity index (χ1n) is 19.9. The largest absolute Gasteiger partial charge is 0.480 e. The number of carbonyl (C=O) groups is 3. The molecule has 4 N–H and O–H groups in total. The minimum atomic E-state index is -1.01. The summed E-state index contributed by atoms with van der Waals surface area (Å²) in [5.41, 5.74) is 5.46. The summed E-state index contributed by atoms with van der Waals surface area (Å²) in [4.78, 5) is 36.1. The number of nitrogens with two attached hydrogens (primary N) is 1. The van der Waals surface area contributed by atoms with E-state index in [0.29, 0.717) is 32.2 Å². The van der Waals surface area contributed by atoms with Crippen LogP contribution < -0.4 is 11.1 Å². The van der Waals surface area contributed by atoms with E-state index in [1.165, 1.54) is 116 Å². The summed E-state index contributed by atoms with van der Waals surface area (Å²) in [7, 11) is 0. The summed E-state index contributed by atoms with van der Waals surface area (Å²) in [5, 5.41) is 11.9. The zero-order chi connectivity index (χ0) is 33.9. The Morgan fingerprint density at radius 1 is 0.543 bits per heavy atom. The van der Waals surface area contributed by atoms with Crippen LogP contribution in [0, 0.1) is 0 Å². The first-order chi connectivity index (χ1) is 22.4. The lowest BCUT2D eigenvalue weighted by Gasteiger charge is -2.18. The van der Waals surface area contributed by atoms with Gasteiger partial charge in [-0.3, -0.25) is 9.59 Å². The van der Waals surface area contributed by atoms with Crippen molar-refractivity contribution in [3.05, 3.63) is 0 Å². The molecule has 0 aliphatic carbocycles. The molecule has 46 heavy (non-hydrogen) atoms. The lowest BCUT2D eigenvalue weighted by Crippen LogP contribution is -2.40. The maximum absolute atomic E-state index is 12.6. The number of carbonyl (C=O) groups excluding carboxylic acids is 2. The van der Waals surface area contributed by atoms with Gasteiger partial charge in [0.25, 0.3) is 0 Å². The van der Waals surface area contributed by atoms with Gasteiger partial charge in [-0.1, -0.05) is 149 Å². The van der Waals surface area contributed by atoms with Crippen molar-refractivity contribution in [2.24, 2.45) is 5.73 Å². The molecule has 7 nitrogen and oxygen atoms in total. The standard InChI is InChI=1S/C39H76N2O5/c1-3-5-7-9-10-11-12-13-14-15-16-17-18-19-20-21-27-33-38(43)46-35(29-24-8-6-4-2)30-25-22-23-26-32-37(42)41-36(39(44)45)31-28-34-40/h35-36H,3-34,40H2,1-2H3,(H,41,42)(H,44,45). The molecule has 0 bridgehead atoms. The second-order valence-corrected chi connectivity index (χ2v) is 13.7. The van der Waals surface area contributed by atoms with Crippen molar-refractivity contribution >= 4 is 17.8 Å². The second-order valence-electron chi connectivity index (χ2n) is 13.7. The first kappa shape index (κ1) is 44.4. The van der Waals surface area contributed by atoms with Crippen LogP contribution in [0.15, 0.2) is 0 Å². The molecule has 0 aromatic rings. The zero-order valence-electron chi connectivity index (χ0n) is 30.4. The van der Waals surface area contributed by atoms with Crippen LogP contribution in [0.5, 0.6) is 0 Å². The van der Waals surface area contributed by atoms with Crippen LogP contribution in [0.1, 0.15) is 213 Å². The Kier molecular flexibility index (Phi) is 33.5. The van der Waals surface area contributed by atoms with E-state index < -0.39 is 12.0 Å². The quantitative estimate of drug-likeness (QED) is 0.0458. The third-order valence-corrected chi connectivity index (χ3v) is 9.17. The molecule has 272 valence electrons. The lowest BCUT2D eigenvalue weighted by atomic mass is 10.0. The number of amides is 1. The SMILES string of the molecule is CCCCCCCCCCCCCCCCCCCC(=O)OC(CCCCCC)CCCCCCC(=O)NC(CCCN)C(=O)O. The minimum Gasteiger partial charge on any atom is -0.480 e. The molecule has 0 spiro atoms. The number of carboxylic acids is 1. The predicted molar refractivity (Wildman–Crippen MR) is 193 cm³/mol. The second kappa shape index (κ2) is 34.7. The fraction of sp³-hybridized carbons (Fsp3) is 0.923. The van der Waals surface area contributed by atoms with Crippen molar-refractivity contribution in [2.45, 2.75) is 225 Å². The van der Waals surface area contributed by atoms with Gasteiger partial charge in [-0.05, 0) is 57.9 Å². The number of rotatable bonds is 36. The number of ether oxygens (including phenoxy) is 1. The zero-order valence-corrected chi connectivity index (χ0v) is 30.4. The normalized spacial score (nSPS) is 12.6. The van der Waals surface area contributed by atoms with E-state index in [-0.39, 0.29) is 18.0 Å². The Bertz CT molecular complexity index is 702. The third kappa shape index (κ3) is 31.0. The lowest BCUT2D eigenvalue weighted by molar-refractivity contribution is -0.150. The molecule has 0 saturated carbocycles. The molecule has 7 heteroatoms. The highest BCUT2D eigenvalue weighted by atomic mass is 16.5. The van der Waals surface area contributed by atoms with Crippen LogP contribution in [0.25, 0.3) is 0 Å². The van der Waals surface area contributed by atoms with Crippen molar-refractivity contribution in [3.8, 4) is 0 Å². The van der Waals surface area contributed by atoms with Gasteiger partial charge in [-0.25, -0.2) is 4.79 Å². The Labute approximate surface area is 284 Å². The Morgan fingerprint density at radius 3 is 1.37 bits per heavy atom. The van der Waals surface area contributed by atoms with E-state index in [1.807, 2.05) is 0 Å². The number of carboxylic acid groups (broad SMARTS) is 1. The summed E-state index contributed by atoms with van der Waals surface area (Å²) >= 11 is 0. The average Bonchev–Trinajstić information content (AvgIpc) is 3.04. The highest BCUT2D eigenvalue weighted by molar-refractivity contribution is 5.83. The van der Waals surface area contributed by atoms with Crippen molar-refractivity contribution in [1.82, 2.24) is 5.32 Å². The van der Waals surface area contributed by atoms with Crippen LogP contribution >= 0.6 is 0 Å². The molecule has 2 unspecified atom stereocenters. The van der Waals surface area contributed by atoms with Gasteiger partial charge < -0.3 is 20.9 Å². The van der Waals surface area contributed by atoms with Crippen molar-refractivity contribution in [2.75, 3.05) is 6.54 Å². The van der Waals surface area contributed by atoms with Gasteiger partial charge in [-0.15, -0.1) is 0 Å². The van der Waals surface area contributed by atoms with E-state index in [4.69, 9.17) is 10.5 Å². The summed E-state index contributed by atoms with van der Waals surface area (Å²) in [6, 6.07) is -0.858. The summed E-state index contributed by atoms with van der Waals surface area (Å²) in [6.07, 6.45) is 34.6. The molecular weight excluding hydrogens is 576 g/mol. The average molecular weight is 653 g/mol. The maximum Gasteiger partial charge on any atom is 0.326 e. The van der Waals surface area contributed by atoms with Crippen LogP contribution in [0.2, 0.25) is 0 Å². The van der Waals surface area contributed by atoms with Crippen molar-refractivity contribution < 1.29 is 24.2 Å². The van der Waals surface area contributed by atoms with Crippen LogP contribution in [-0.4, -0.2) is 41.6 Å². The van der Waals surface area contributed by atoms with Crippen LogP contribution in [-0.2, 0) is 19.1 Å². The number of esters is 1. The third-order valence-electron chi connectivity index (χ3n) is 9.17. The van der Waals surface area contributed by atoms with Gasteiger partial charge >= 0.3 is 11.9 Å². The van der Waals surface area contributed by atoms with Gasteiger partial charge in [0.15, 0.2) is 0 Å². The molecule has 0 aliphatic heterocycles. The highest BCUT2D eigenvalue weighted by Crippen LogP contribution is 2.18. The van der Waals surface area contributed by atoms with Gasteiger partial charge in [0.2, 0.25) is 5.91 Å². The maximum atomic E-state index is 12.6. The fourth-order valence-electron chi connectivity index (χ4n) is 6.16. The first-order valence-corrected chi connectivity index (χ1v) is 19.9. The number of nitrogens with one attached hydrogen (secondary N) is 1. The van der Waals surface area contributed by atoms with E-state index in [2.05, 4.69) is 19.2 Å². The number of unbranched alkanes of at least 4 members (excludes halogenated alkanes) is 22. The molecule has 0 aromatic heterocycles. The molecule has 1 amide bonds. The van der Waals surface area contributed by atoms with Gasteiger partial charge in [0.05, 0.1) is 0 Å². The molecule has 0 aliphatic rings. The van der Waals surface area contributed by atoms with Gasteiger partial charge in [0, 0.05) is 12.8 Å². The summed E-state index contributed by atoms with van der Waals surface area (Å²) in [5.74, 6) is -1.26. The van der Waals surface area contributed by atoms with Crippen LogP contribution in [0.4, 0.5) is 0 Å². The molecular formula is C39H76N2O5. The molecule has 0 fully saturated rings. The fourth-order valence-corrected chi connectivity index (χ4v) is 6.16. The smallest absolute Gasteiger partial charge is 0.326 e. The van der Waals surface area contributed by atoms with E-state index in [9.17, 15) is 19.5 Å². The highest BCUT2D eigenvalue weighted by Gasteiger charge is 2.19. The Hall–Kier alpha value is -1.63. The van der Waals surface area contributed by atoms with E-state index >= 15 is 0 Å². The van der Waals surface area contributed by atoms with Gasteiger partial charge in [-0.2, -0.15) is 0 Å². The Balaban J connectivity index is 3.95. The number of hydrogen-bond donors (Lipinski definition) is 3. The summed E-state index contributed by atoms with van der Waals surface area (Å²) < 4.78 is 5.94. The summed E-state index contributed by atoms with van der Waals surface area (Å²) in [6.45, 7) is 4.90. The number of aliphatic carboxylic acids is 1. The molecule has 0 aromatic carbocycles.